The van der Waals surface area contributed by atoms with Crippen LogP contribution in [0.1, 0.15) is 69.8 Å². The van der Waals surface area contributed by atoms with E-state index >= 15 is 0 Å². The fourth-order valence-corrected chi connectivity index (χ4v) is 4.08. The number of carbonyl (C=O) groups is 1. The van der Waals surface area contributed by atoms with Gasteiger partial charge in [-0.2, -0.15) is 0 Å². The van der Waals surface area contributed by atoms with Crippen LogP contribution in [0.3, 0.4) is 0 Å². The van der Waals surface area contributed by atoms with Crippen LogP contribution in [0.4, 0.5) is 0 Å². The average Bonchev–Trinajstić information content (AvgIpc) is 2.57. The molecule has 4 heteroatoms. The lowest BCUT2D eigenvalue weighted by atomic mass is 9.74. The van der Waals surface area contributed by atoms with Crippen LogP contribution in [-0.2, 0) is 11.2 Å². The zero-order chi connectivity index (χ0) is 18.1. The van der Waals surface area contributed by atoms with Crippen LogP contribution in [-0.4, -0.2) is 33.0 Å². The highest BCUT2D eigenvalue weighted by molar-refractivity contribution is 5.68. The Kier molecular flexibility index (Phi) is 7.91. The SMILES string of the molecule is O=C(O)C[C@]1(O)CCC[C@@H](CC[C@H](O)CCCCc2ccccc2)C1. The number of aryl methyl sites for hydroxylation is 1. The highest BCUT2D eigenvalue weighted by Gasteiger charge is 2.36. The molecule has 4 nitrogen and oxygen atoms in total. The molecule has 1 fully saturated rings. The summed E-state index contributed by atoms with van der Waals surface area (Å²) in [5, 5.41) is 29.5. The zero-order valence-corrected chi connectivity index (χ0v) is 15.1. The van der Waals surface area contributed by atoms with E-state index in [0.717, 1.165) is 51.4 Å². The van der Waals surface area contributed by atoms with E-state index in [2.05, 4.69) is 24.3 Å². The molecular formula is C21H32O4. The van der Waals surface area contributed by atoms with Crippen LogP contribution in [0.5, 0.6) is 0 Å². The molecule has 1 aliphatic carbocycles. The van der Waals surface area contributed by atoms with Gasteiger partial charge in [0.2, 0.25) is 0 Å². The highest BCUT2D eigenvalue weighted by Crippen LogP contribution is 2.37. The summed E-state index contributed by atoms with van der Waals surface area (Å²) in [7, 11) is 0. The van der Waals surface area contributed by atoms with E-state index in [9.17, 15) is 15.0 Å². The number of aliphatic hydroxyl groups is 2. The highest BCUT2D eigenvalue weighted by atomic mass is 16.4. The maximum absolute atomic E-state index is 10.9. The molecule has 1 aliphatic rings. The van der Waals surface area contributed by atoms with Gasteiger partial charge in [-0.05, 0) is 56.4 Å². The van der Waals surface area contributed by atoms with E-state index in [-0.39, 0.29) is 12.5 Å². The second kappa shape index (κ2) is 9.93. The fraction of sp³-hybridized carbons (Fsp3) is 0.667. The van der Waals surface area contributed by atoms with Gasteiger partial charge in [0.25, 0.3) is 0 Å². The molecule has 0 spiro atoms. The molecule has 3 atom stereocenters. The standard InChI is InChI=1S/C21H32O4/c22-19(11-5-4-9-17-7-2-1-3-8-17)13-12-18-10-6-14-21(25,15-18)16-20(23)24/h1-3,7-8,18-19,22,25H,4-6,9-16H2,(H,23,24)/t18-,19+,21-/m0/s1. The topological polar surface area (TPSA) is 77.8 Å². The molecule has 0 unspecified atom stereocenters. The molecule has 0 aromatic heterocycles. The second-order valence-electron chi connectivity index (χ2n) is 7.72. The number of unbranched alkanes of at least 4 members (excludes halogenated alkanes) is 1. The van der Waals surface area contributed by atoms with Gasteiger partial charge in [-0.25, -0.2) is 0 Å². The predicted octanol–water partition coefficient (Wildman–Crippen LogP) is 3.94. The van der Waals surface area contributed by atoms with Crippen molar-refractivity contribution in [2.24, 2.45) is 5.92 Å². The van der Waals surface area contributed by atoms with Crippen molar-refractivity contribution in [3.05, 3.63) is 35.9 Å². The Hall–Kier alpha value is -1.39. The summed E-state index contributed by atoms with van der Waals surface area (Å²) < 4.78 is 0. The van der Waals surface area contributed by atoms with E-state index in [1.54, 1.807) is 0 Å². The Morgan fingerprint density at radius 3 is 2.68 bits per heavy atom. The lowest BCUT2D eigenvalue weighted by molar-refractivity contribution is -0.144. The van der Waals surface area contributed by atoms with Crippen LogP contribution in [0.15, 0.2) is 30.3 Å². The van der Waals surface area contributed by atoms with E-state index in [0.29, 0.717) is 18.8 Å². The molecule has 2 rings (SSSR count). The number of benzene rings is 1. The number of aliphatic carboxylic acids is 1. The monoisotopic (exact) mass is 348 g/mol. The quantitative estimate of drug-likeness (QED) is 0.560. The van der Waals surface area contributed by atoms with Crippen LogP contribution in [0, 0.1) is 5.92 Å². The van der Waals surface area contributed by atoms with Gasteiger partial charge in [0.05, 0.1) is 18.1 Å². The third kappa shape index (κ3) is 7.57. The Bertz CT molecular complexity index is 516. The lowest BCUT2D eigenvalue weighted by Crippen LogP contribution is -2.37. The van der Waals surface area contributed by atoms with Crippen LogP contribution < -0.4 is 0 Å². The normalized spacial score (nSPS) is 24.8. The van der Waals surface area contributed by atoms with Gasteiger partial charge < -0.3 is 15.3 Å². The molecule has 0 radical (unpaired) electrons. The summed E-state index contributed by atoms with van der Waals surface area (Å²) >= 11 is 0. The van der Waals surface area contributed by atoms with Crippen molar-refractivity contribution in [3.8, 4) is 0 Å². The first-order chi connectivity index (χ1) is 12.0. The Balaban J connectivity index is 1.61. The first-order valence-corrected chi connectivity index (χ1v) is 9.63. The molecule has 0 heterocycles. The van der Waals surface area contributed by atoms with Crippen LogP contribution in [0.2, 0.25) is 0 Å². The Morgan fingerprint density at radius 1 is 1.20 bits per heavy atom. The molecule has 140 valence electrons. The summed E-state index contributed by atoms with van der Waals surface area (Å²) in [5.41, 5.74) is 0.298. The van der Waals surface area contributed by atoms with Crippen molar-refractivity contribution in [1.82, 2.24) is 0 Å². The zero-order valence-electron chi connectivity index (χ0n) is 15.1. The van der Waals surface area contributed by atoms with Crippen LogP contribution in [0.25, 0.3) is 0 Å². The third-order valence-electron chi connectivity index (χ3n) is 5.41. The number of carboxylic acids is 1. The predicted molar refractivity (Wildman–Crippen MR) is 98.4 cm³/mol. The van der Waals surface area contributed by atoms with Crippen molar-refractivity contribution in [2.75, 3.05) is 0 Å². The summed E-state index contributed by atoms with van der Waals surface area (Å²) in [5.74, 6) is -0.598. The Labute approximate surface area is 150 Å². The van der Waals surface area contributed by atoms with E-state index < -0.39 is 11.6 Å². The van der Waals surface area contributed by atoms with Gasteiger partial charge in [-0.3, -0.25) is 4.79 Å². The molecule has 25 heavy (non-hydrogen) atoms. The smallest absolute Gasteiger partial charge is 0.306 e. The van der Waals surface area contributed by atoms with Crippen molar-refractivity contribution < 1.29 is 20.1 Å². The minimum Gasteiger partial charge on any atom is -0.481 e. The maximum atomic E-state index is 10.9. The maximum Gasteiger partial charge on any atom is 0.306 e. The largest absolute Gasteiger partial charge is 0.481 e. The summed E-state index contributed by atoms with van der Waals surface area (Å²) in [6.07, 6.45) is 8.20. The van der Waals surface area contributed by atoms with Gasteiger partial charge in [0, 0.05) is 0 Å². The third-order valence-corrected chi connectivity index (χ3v) is 5.41. The molecule has 1 aromatic rings. The number of aliphatic hydroxyl groups excluding tert-OH is 1. The molecule has 0 saturated heterocycles. The number of carboxylic acid groups (broad SMARTS) is 1. The molecule has 1 saturated carbocycles. The number of hydrogen-bond acceptors (Lipinski definition) is 3. The minimum atomic E-state index is -1.05. The number of hydrogen-bond donors (Lipinski definition) is 3. The molecular weight excluding hydrogens is 316 g/mol. The van der Waals surface area contributed by atoms with E-state index in [4.69, 9.17) is 5.11 Å². The summed E-state index contributed by atoms with van der Waals surface area (Å²) in [6, 6.07) is 10.4. The van der Waals surface area contributed by atoms with E-state index in [1.165, 1.54) is 5.56 Å². The number of rotatable bonds is 10. The first kappa shape index (κ1) is 19.9. The van der Waals surface area contributed by atoms with Crippen LogP contribution >= 0.6 is 0 Å². The summed E-state index contributed by atoms with van der Waals surface area (Å²) in [4.78, 5) is 10.9. The van der Waals surface area contributed by atoms with Crippen molar-refractivity contribution in [3.63, 3.8) is 0 Å². The van der Waals surface area contributed by atoms with Crippen molar-refractivity contribution >= 4 is 5.97 Å². The van der Waals surface area contributed by atoms with Gasteiger partial charge in [0.15, 0.2) is 0 Å². The van der Waals surface area contributed by atoms with Gasteiger partial charge in [0.1, 0.15) is 0 Å². The van der Waals surface area contributed by atoms with Crippen molar-refractivity contribution in [1.29, 1.82) is 0 Å². The van der Waals surface area contributed by atoms with Crippen molar-refractivity contribution in [2.45, 2.75) is 82.3 Å². The molecule has 0 aliphatic heterocycles. The summed E-state index contributed by atoms with van der Waals surface area (Å²) in [6.45, 7) is 0. The fourth-order valence-electron chi connectivity index (χ4n) is 4.08. The Morgan fingerprint density at radius 2 is 1.96 bits per heavy atom. The minimum absolute atomic E-state index is 0.161. The lowest BCUT2D eigenvalue weighted by Gasteiger charge is -2.36. The molecule has 0 amide bonds. The second-order valence-corrected chi connectivity index (χ2v) is 7.72. The van der Waals surface area contributed by atoms with Gasteiger partial charge >= 0.3 is 5.97 Å². The average molecular weight is 348 g/mol. The van der Waals surface area contributed by atoms with E-state index in [1.807, 2.05) is 6.07 Å². The molecule has 3 N–H and O–H groups in total. The van der Waals surface area contributed by atoms with Gasteiger partial charge in [-0.15, -0.1) is 0 Å². The molecule has 0 bridgehead atoms. The first-order valence-electron chi connectivity index (χ1n) is 9.63. The molecule has 1 aromatic carbocycles. The van der Waals surface area contributed by atoms with Gasteiger partial charge in [-0.1, -0.05) is 49.6 Å².